The summed E-state index contributed by atoms with van der Waals surface area (Å²) in [6.07, 6.45) is 2.40. The van der Waals surface area contributed by atoms with E-state index < -0.39 is 0 Å². The minimum absolute atomic E-state index is 0.0226. The fourth-order valence-electron chi connectivity index (χ4n) is 3.63. The number of pyridine rings is 1. The number of rotatable bonds is 0. The topological polar surface area (TPSA) is 25.4 Å². The monoisotopic (exact) mass is 236 g/mol. The number of likely N-dealkylation sites (tertiary alicyclic amines) is 1. The standard InChI is InChI=1S/C12H13ClN2O/c1-15-6-8-7-2-3-10(13)14-11(7)16-12(8)5-4-9(12)15/h2-3,8-9H,4-6H2,1H3/t8-,9-,12+/m0/s1. The summed E-state index contributed by atoms with van der Waals surface area (Å²) in [5, 5.41) is 0.527. The van der Waals surface area contributed by atoms with E-state index in [0.29, 0.717) is 17.1 Å². The van der Waals surface area contributed by atoms with Gasteiger partial charge in [0, 0.05) is 24.1 Å². The Bertz CT molecular complexity index is 478. The molecule has 1 aliphatic carbocycles. The normalized spacial score (nSPS) is 39.6. The summed E-state index contributed by atoms with van der Waals surface area (Å²) in [5.74, 6) is 1.27. The lowest BCUT2D eigenvalue weighted by Crippen LogP contribution is -2.56. The van der Waals surface area contributed by atoms with E-state index in [1.807, 2.05) is 6.07 Å². The second-order valence-electron chi connectivity index (χ2n) is 5.13. The van der Waals surface area contributed by atoms with E-state index in [0.717, 1.165) is 18.8 Å². The van der Waals surface area contributed by atoms with Crippen LogP contribution in [0.5, 0.6) is 5.88 Å². The number of likely N-dealkylation sites (N-methyl/N-ethyl adjacent to an activating group) is 1. The van der Waals surface area contributed by atoms with Gasteiger partial charge in [0.05, 0.1) is 0 Å². The molecule has 84 valence electrons. The molecule has 1 saturated carbocycles. The molecule has 0 aromatic carbocycles. The minimum atomic E-state index is 0.0226. The molecule has 1 aromatic rings. The summed E-state index contributed by atoms with van der Waals surface area (Å²) in [6, 6.07) is 4.53. The molecule has 3 atom stereocenters. The zero-order chi connectivity index (χ0) is 10.9. The Morgan fingerprint density at radius 1 is 1.56 bits per heavy atom. The van der Waals surface area contributed by atoms with Crippen molar-refractivity contribution in [1.29, 1.82) is 0 Å². The summed E-state index contributed by atoms with van der Waals surface area (Å²) in [6.45, 7) is 1.08. The molecule has 4 heteroatoms. The second-order valence-corrected chi connectivity index (χ2v) is 5.52. The first kappa shape index (κ1) is 9.25. The van der Waals surface area contributed by atoms with E-state index in [2.05, 4.69) is 23.0 Å². The lowest BCUT2D eigenvalue weighted by molar-refractivity contribution is -0.0378. The number of halogens is 1. The van der Waals surface area contributed by atoms with Gasteiger partial charge in [0.1, 0.15) is 10.8 Å². The van der Waals surface area contributed by atoms with Gasteiger partial charge in [0.25, 0.3) is 0 Å². The van der Waals surface area contributed by atoms with Crippen LogP contribution in [0.3, 0.4) is 0 Å². The lowest BCUT2D eigenvalue weighted by Gasteiger charge is -2.45. The SMILES string of the molecule is CN1C[C@H]2c3ccc(Cl)nc3O[C@]23CC[C@H]13. The number of nitrogens with zero attached hydrogens (tertiary/aromatic N) is 2. The summed E-state index contributed by atoms with van der Waals surface area (Å²) in [4.78, 5) is 6.72. The molecule has 0 unspecified atom stereocenters. The third-order valence-electron chi connectivity index (χ3n) is 4.48. The van der Waals surface area contributed by atoms with Crippen LogP contribution in [0.1, 0.15) is 24.3 Å². The van der Waals surface area contributed by atoms with Crippen LogP contribution in [0.4, 0.5) is 0 Å². The van der Waals surface area contributed by atoms with Crippen LogP contribution in [-0.4, -0.2) is 35.1 Å². The molecule has 0 bridgehead atoms. The van der Waals surface area contributed by atoms with Crippen LogP contribution in [0, 0.1) is 0 Å². The quantitative estimate of drug-likeness (QED) is 0.645. The summed E-state index contributed by atoms with van der Waals surface area (Å²) in [5.41, 5.74) is 1.27. The number of ether oxygens (including phenoxy) is 1. The average Bonchev–Trinajstić information content (AvgIpc) is 2.60. The highest BCUT2D eigenvalue weighted by Crippen LogP contribution is 2.59. The Hall–Kier alpha value is -0.800. The van der Waals surface area contributed by atoms with E-state index in [9.17, 15) is 0 Å². The second kappa shape index (κ2) is 2.71. The predicted molar refractivity (Wildman–Crippen MR) is 61.0 cm³/mol. The van der Waals surface area contributed by atoms with Crippen molar-refractivity contribution in [2.45, 2.75) is 30.4 Å². The Morgan fingerprint density at radius 2 is 2.44 bits per heavy atom. The zero-order valence-corrected chi connectivity index (χ0v) is 9.87. The first-order valence-corrected chi connectivity index (χ1v) is 6.14. The van der Waals surface area contributed by atoms with Crippen LogP contribution >= 0.6 is 11.6 Å². The van der Waals surface area contributed by atoms with Crippen molar-refractivity contribution in [1.82, 2.24) is 9.88 Å². The fourth-order valence-corrected chi connectivity index (χ4v) is 3.77. The molecule has 2 aliphatic heterocycles. The first-order valence-electron chi connectivity index (χ1n) is 5.76. The molecular formula is C12H13ClN2O. The molecule has 0 N–H and O–H groups in total. The van der Waals surface area contributed by atoms with Crippen LogP contribution in [-0.2, 0) is 0 Å². The molecule has 4 rings (SSSR count). The molecule has 2 fully saturated rings. The summed E-state index contributed by atoms with van der Waals surface area (Å²) in [7, 11) is 2.19. The smallest absolute Gasteiger partial charge is 0.219 e. The fraction of sp³-hybridized carbons (Fsp3) is 0.583. The molecule has 16 heavy (non-hydrogen) atoms. The highest BCUT2D eigenvalue weighted by atomic mass is 35.5. The van der Waals surface area contributed by atoms with Gasteiger partial charge in [0.15, 0.2) is 0 Å². The van der Waals surface area contributed by atoms with Crippen LogP contribution in [0.15, 0.2) is 12.1 Å². The van der Waals surface area contributed by atoms with Crippen molar-refractivity contribution < 1.29 is 4.74 Å². The van der Waals surface area contributed by atoms with Gasteiger partial charge in [-0.25, -0.2) is 4.98 Å². The third-order valence-corrected chi connectivity index (χ3v) is 4.69. The lowest BCUT2D eigenvalue weighted by atomic mass is 9.69. The number of hydrogen-bond donors (Lipinski definition) is 0. The summed E-state index contributed by atoms with van der Waals surface area (Å²) < 4.78 is 6.13. The van der Waals surface area contributed by atoms with Gasteiger partial charge in [-0.15, -0.1) is 0 Å². The molecule has 1 aromatic heterocycles. The largest absolute Gasteiger partial charge is 0.468 e. The van der Waals surface area contributed by atoms with Gasteiger partial charge < -0.3 is 4.74 Å². The molecule has 1 spiro atoms. The Balaban J connectivity index is 1.85. The predicted octanol–water partition coefficient (Wildman–Crippen LogP) is 2.06. The number of fused-ring (bicyclic) bond motifs is 2. The Labute approximate surface area is 99.4 Å². The van der Waals surface area contributed by atoms with Gasteiger partial charge in [-0.2, -0.15) is 0 Å². The van der Waals surface area contributed by atoms with Crippen molar-refractivity contribution in [2.24, 2.45) is 0 Å². The van der Waals surface area contributed by atoms with Crippen molar-refractivity contribution in [3.8, 4) is 5.88 Å². The summed E-state index contributed by atoms with van der Waals surface area (Å²) >= 11 is 5.91. The zero-order valence-electron chi connectivity index (χ0n) is 9.11. The van der Waals surface area contributed by atoms with E-state index in [-0.39, 0.29) is 5.60 Å². The molecule has 3 aliphatic rings. The maximum atomic E-state index is 6.13. The maximum Gasteiger partial charge on any atom is 0.219 e. The molecule has 0 radical (unpaired) electrons. The van der Waals surface area contributed by atoms with Crippen LogP contribution in [0.2, 0.25) is 5.15 Å². The third kappa shape index (κ3) is 0.882. The van der Waals surface area contributed by atoms with E-state index >= 15 is 0 Å². The highest BCUT2D eigenvalue weighted by Gasteiger charge is 2.65. The molecular weight excluding hydrogens is 224 g/mol. The first-order chi connectivity index (χ1) is 7.71. The molecule has 1 saturated heterocycles. The Kier molecular flexibility index (Phi) is 1.57. The Morgan fingerprint density at radius 3 is 3.19 bits per heavy atom. The van der Waals surface area contributed by atoms with Gasteiger partial charge in [-0.3, -0.25) is 4.90 Å². The van der Waals surface area contributed by atoms with E-state index in [1.54, 1.807) is 0 Å². The minimum Gasteiger partial charge on any atom is -0.468 e. The van der Waals surface area contributed by atoms with Gasteiger partial charge in [-0.1, -0.05) is 17.7 Å². The van der Waals surface area contributed by atoms with Gasteiger partial charge >= 0.3 is 0 Å². The highest BCUT2D eigenvalue weighted by molar-refractivity contribution is 6.29. The van der Waals surface area contributed by atoms with Gasteiger partial charge in [0.2, 0.25) is 5.88 Å². The van der Waals surface area contributed by atoms with Gasteiger partial charge in [-0.05, 0) is 26.0 Å². The van der Waals surface area contributed by atoms with Crippen LogP contribution < -0.4 is 4.74 Å². The number of aromatic nitrogens is 1. The van der Waals surface area contributed by atoms with Crippen molar-refractivity contribution >= 4 is 11.6 Å². The molecule has 0 amide bonds. The van der Waals surface area contributed by atoms with Crippen molar-refractivity contribution in [3.63, 3.8) is 0 Å². The van der Waals surface area contributed by atoms with E-state index in [1.165, 1.54) is 12.0 Å². The van der Waals surface area contributed by atoms with Crippen molar-refractivity contribution in [2.75, 3.05) is 13.6 Å². The van der Waals surface area contributed by atoms with E-state index in [4.69, 9.17) is 16.3 Å². The number of hydrogen-bond acceptors (Lipinski definition) is 3. The molecule has 3 heterocycles. The maximum absolute atomic E-state index is 6.13. The molecule has 3 nitrogen and oxygen atoms in total. The van der Waals surface area contributed by atoms with Crippen molar-refractivity contribution in [3.05, 3.63) is 22.8 Å². The van der Waals surface area contributed by atoms with Crippen LogP contribution in [0.25, 0.3) is 0 Å². The average molecular weight is 237 g/mol.